The minimum Gasteiger partial charge on any atom is -0.379 e. The predicted octanol–water partition coefficient (Wildman–Crippen LogP) is 4.48. The lowest BCUT2D eigenvalue weighted by Gasteiger charge is -2.30. The van der Waals surface area contributed by atoms with Crippen molar-refractivity contribution in [2.75, 3.05) is 13.2 Å². The van der Waals surface area contributed by atoms with Gasteiger partial charge in [-0.1, -0.05) is 35.3 Å². The van der Waals surface area contributed by atoms with Gasteiger partial charge < -0.3 is 14.6 Å². The van der Waals surface area contributed by atoms with Crippen LogP contribution in [0.5, 0.6) is 0 Å². The van der Waals surface area contributed by atoms with Gasteiger partial charge in [0.15, 0.2) is 0 Å². The van der Waals surface area contributed by atoms with Crippen LogP contribution in [0.4, 0.5) is 4.39 Å². The van der Waals surface area contributed by atoms with Crippen LogP contribution in [0.3, 0.4) is 0 Å². The Balaban J connectivity index is 1.74. The Morgan fingerprint density at radius 1 is 1.28 bits per heavy atom. The van der Waals surface area contributed by atoms with Gasteiger partial charge >= 0.3 is 0 Å². The second-order valence-corrected chi connectivity index (χ2v) is 7.86. The Morgan fingerprint density at radius 3 is 2.72 bits per heavy atom. The second kappa shape index (κ2) is 7.44. The second-order valence-electron chi connectivity index (χ2n) is 7.08. The third-order valence-electron chi connectivity index (χ3n) is 5.37. The van der Waals surface area contributed by atoms with E-state index in [2.05, 4.69) is 5.32 Å². The summed E-state index contributed by atoms with van der Waals surface area (Å²) in [5, 5.41) is 4.37. The first-order valence-electron chi connectivity index (χ1n) is 8.95. The Bertz CT molecular complexity index is 1140. The number of nitrogens with one attached hydrogen (secondary N) is 1. The average molecular weight is 435 g/mol. The van der Waals surface area contributed by atoms with E-state index in [9.17, 15) is 14.0 Å². The molecule has 0 aliphatic carbocycles. The number of fused-ring (bicyclic) bond motifs is 1. The first kappa shape index (κ1) is 19.9. The molecule has 0 bridgehead atoms. The molecule has 4 rings (SSSR count). The van der Waals surface area contributed by atoms with Gasteiger partial charge in [-0.25, -0.2) is 4.39 Å². The fourth-order valence-electron chi connectivity index (χ4n) is 3.78. The molecule has 1 aromatic heterocycles. The molecule has 150 valence electrons. The molecule has 1 fully saturated rings. The van der Waals surface area contributed by atoms with Gasteiger partial charge in [0.1, 0.15) is 17.8 Å². The van der Waals surface area contributed by atoms with Gasteiger partial charge in [-0.15, -0.1) is 0 Å². The number of ether oxygens (including phenoxy) is 1. The zero-order chi connectivity index (χ0) is 20.8. The van der Waals surface area contributed by atoms with Crippen LogP contribution in [0, 0.1) is 5.82 Å². The number of amides is 1. The molecule has 8 heteroatoms. The molecule has 2 aromatic carbocycles. The van der Waals surface area contributed by atoms with Crippen LogP contribution in [-0.2, 0) is 17.3 Å². The third kappa shape index (κ3) is 3.31. The van der Waals surface area contributed by atoms with Crippen molar-refractivity contribution in [1.82, 2.24) is 9.88 Å². The van der Waals surface area contributed by atoms with E-state index < -0.39 is 11.4 Å². The highest BCUT2D eigenvalue weighted by molar-refractivity contribution is 6.45. The molecule has 1 N–H and O–H groups in total. The maximum atomic E-state index is 14.7. The van der Waals surface area contributed by atoms with E-state index in [0.717, 1.165) is 11.6 Å². The molecule has 1 aliphatic rings. The lowest BCUT2D eigenvalue weighted by Crippen LogP contribution is -2.47. The molecule has 1 atom stereocenters. The normalized spacial score (nSPS) is 18.9. The largest absolute Gasteiger partial charge is 0.379 e. The van der Waals surface area contributed by atoms with Gasteiger partial charge in [0.05, 0.1) is 22.2 Å². The van der Waals surface area contributed by atoms with Crippen molar-refractivity contribution in [2.45, 2.75) is 12.0 Å². The van der Waals surface area contributed by atoms with E-state index in [0.29, 0.717) is 40.4 Å². The van der Waals surface area contributed by atoms with Gasteiger partial charge in [-0.3, -0.25) is 9.59 Å². The van der Waals surface area contributed by atoms with Crippen LogP contribution in [0.2, 0.25) is 10.0 Å². The van der Waals surface area contributed by atoms with E-state index in [1.807, 2.05) is 0 Å². The summed E-state index contributed by atoms with van der Waals surface area (Å²) in [6.45, 7) is 0.512. The summed E-state index contributed by atoms with van der Waals surface area (Å²) in [6, 6.07) is 9.32. The maximum Gasteiger partial charge on any atom is 0.268 e. The van der Waals surface area contributed by atoms with Crippen LogP contribution >= 0.6 is 23.2 Å². The number of rotatable bonds is 4. The van der Waals surface area contributed by atoms with Crippen LogP contribution in [0.25, 0.3) is 10.9 Å². The van der Waals surface area contributed by atoms with Gasteiger partial charge in [-0.05, 0) is 24.3 Å². The molecule has 1 aliphatic heterocycles. The Morgan fingerprint density at radius 2 is 2.07 bits per heavy atom. The Kier molecular flexibility index (Phi) is 5.11. The van der Waals surface area contributed by atoms with Crippen molar-refractivity contribution in [2.24, 2.45) is 7.05 Å². The van der Waals surface area contributed by atoms with Crippen LogP contribution < -0.4 is 5.32 Å². The SMILES string of the molecule is Cn1c(C(=O)NC2(c3ccc(C=O)cc3F)CCOC2)cc2c(Cl)c(Cl)ccc21. The van der Waals surface area contributed by atoms with Crippen LogP contribution in [-0.4, -0.2) is 30.0 Å². The van der Waals surface area contributed by atoms with E-state index in [4.69, 9.17) is 27.9 Å². The monoisotopic (exact) mass is 434 g/mol. The molecule has 1 saturated heterocycles. The van der Waals surface area contributed by atoms with Gasteiger partial charge in [0.25, 0.3) is 5.91 Å². The summed E-state index contributed by atoms with van der Waals surface area (Å²) in [6.07, 6.45) is 0.986. The van der Waals surface area contributed by atoms with Crippen molar-refractivity contribution in [3.63, 3.8) is 0 Å². The predicted molar refractivity (Wildman–Crippen MR) is 109 cm³/mol. The van der Waals surface area contributed by atoms with Gasteiger partial charge in [0.2, 0.25) is 0 Å². The fourth-order valence-corrected chi connectivity index (χ4v) is 4.16. The molecule has 0 saturated carbocycles. The number of nitrogens with zero attached hydrogens (tertiary/aromatic N) is 1. The number of aromatic nitrogens is 1. The standard InChI is InChI=1S/C21H17Cl2FN2O3/c1-26-17-5-4-15(22)19(23)13(17)9-18(26)20(28)25-21(6-7-29-11-21)14-3-2-12(10-27)8-16(14)24/h2-5,8-10H,6-7,11H2,1H3,(H,25,28). The highest BCUT2D eigenvalue weighted by atomic mass is 35.5. The van der Waals surface area contributed by atoms with E-state index >= 15 is 0 Å². The lowest BCUT2D eigenvalue weighted by molar-refractivity contribution is 0.0865. The lowest BCUT2D eigenvalue weighted by atomic mass is 9.87. The summed E-state index contributed by atoms with van der Waals surface area (Å²) in [5.74, 6) is -0.951. The number of hydrogen-bond acceptors (Lipinski definition) is 3. The molecular weight excluding hydrogens is 418 g/mol. The average Bonchev–Trinajstić information content (AvgIpc) is 3.30. The number of aldehydes is 1. The fraction of sp³-hybridized carbons (Fsp3) is 0.238. The molecule has 1 unspecified atom stereocenters. The Labute approximate surface area is 176 Å². The first-order valence-corrected chi connectivity index (χ1v) is 9.71. The highest BCUT2D eigenvalue weighted by Gasteiger charge is 2.41. The molecular formula is C21H17Cl2FN2O3. The molecule has 1 amide bonds. The number of hydrogen-bond donors (Lipinski definition) is 1. The zero-order valence-corrected chi connectivity index (χ0v) is 17.0. The quantitative estimate of drug-likeness (QED) is 0.615. The number of benzene rings is 2. The zero-order valence-electron chi connectivity index (χ0n) is 15.5. The molecule has 0 spiro atoms. The topological polar surface area (TPSA) is 60.3 Å². The van der Waals surface area contributed by atoms with Crippen LogP contribution in [0.15, 0.2) is 36.4 Å². The summed E-state index contributed by atoms with van der Waals surface area (Å²) >= 11 is 12.4. The minimum atomic E-state index is -1.03. The Hall–Kier alpha value is -2.41. The maximum absolute atomic E-state index is 14.7. The van der Waals surface area contributed by atoms with Gasteiger partial charge in [-0.2, -0.15) is 0 Å². The van der Waals surface area contributed by atoms with Crippen molar-refractivity contribution < 1.29 is 18.7 Å². The summed E-state index contributed by atoms with van der Waals surface area (Å²) in [4.78, 5) is 24.1. The summed E-state index contributed by atoms with van der Waals surface area (Å²) in [5.41, 5.74) is 0.601. The number of carbonyl (C=O) groups excluding carboxylic acids is 2. The van der Waals surface area contributed by atoms with E-state index in [-0.39, 0.29) is 23.6 Å². The van der Waals surface area contributed by atoms with Crippen LogP contribution in [0.1, 0.15) is 32.8 Å². The number of carbonyl (C=O) groups is 2. The number of halogens is 3. The van der Waals surface area contributed by atoms with Gasteiger partial charge in [0, 0.05) is 42.1 Å². The number of aryl methyl sites for hydroxylation is 1. The summed E-state index contributed by atoms with van der Waals surface area (Å²) in [7, 11) is 1.75. The summed E-state index contributed by atoms with van der Waals surface area (Å²) < 4.78 is 21.9. The van der Waals surface area contributed by atoms with Crippen molar-refractivity contribution in [3.8, 4) is 0 Å². The van der Waals surface area contributed by atoms with Crippen molar-refractivity contribution in [3.05, 3.63) is 69.1 Å². The molecule has 29 heavy (non-hydrogen) atoms. The smallest absolute Gasteiger partial charge is 0.268 e. The van der Waals surface area contributed by atoms with E-state index in [1.54, 1.807) is 29.8 Å². The van der Waals surface area contributed by atoms with Crippen molar-refractivity contribution >= 4 is 46.3 Å². The minimum absolute atomic E-state index is 0.132. The first-order chi connectivity index (χ1) is 13.9. The molecule has 0 radical (unpaired) electrons. The highest BCUT2D eigenvalue weighted by Crippen LogP contribution is 2.35. The molecule has 5 nitrogen and oxygen atoms in total. The molecule has 3 aromatic rings. The third-order valence-corrected chi connectivity index (χ3v) is 6.18. The molecule has 2 heterocycles. The van der Waals surface area contributed by atoms with E-state index in [1.165, 1.54) is 12.1 Å². The van der Waals surface area contributed by atoms with Crippen molar-refractivity contribution in [1.29, 1.82) is 0 Å².